The number of hydrogen-bond donors (Lipinski definition) is 3. The lowest BCUT2D eigenvalue weighted by Crippen LogP contribution is -2.32. The molecule has 0 saturated carbocycles. The molecule has 0 saturated heterocycles. The number of alkyl halides is 2. The Labute approximate surface area is 107 Å². The van der Waals surface area contributed by atoms with Gasteiger partial charge in [0.25, 0.3) is 6.43 Å². The van der Waals surface area contributed by atoms with E-state index < -0.39 is 13.0 Å². The van der Waals surface area contributed by atoms with Crippen molar-refractivity contribution in [2.75, 3.05) is 37.0 Å². The summed E-state index contributed by atoms with van der Waals surface area (Å²) in [6, 6.07) is 0. The van der Waals surface area contributed by atoms with Crippen molar-refractivity contribution < 1.29 is 13.9 Å². The molecule has 0 bridgehead atoms. The fourth-order valence-electron chi connectivity index (χ4n) is 1.74. The van der Waals surface area contributed by atoms with E-state index in [9.17, 15) is 8.78 Å². The average molecular weight is 272 g/mol. The Morgan fingerprint density at radius 1 is 1.47 bits per heavy atom. The van der Waals surface area contributed by atoms with Gasteiger partial charge in [0.05, 0.1) is 24.7 Å². The molecule has 0 aliphatic heterocycles. The van der Waals surface area contributed by atoms with Crippen LogP contribution in [0.3, 0.4) is 0 Å². The highest BCUT2D eigenvalue weighted by Crippen LogP contribution is 2.24. The molecule has 0 aromatic carbocycles. The standard InChI is InChI=1S/C10H14F2N6O/c1-13-10-15-8-6(4-14-17-8)9(16-10)18(2-3-19)5-7(11)12/h4,7,19H,2-3,5H2,1H3,(H2,13,14,15,16,17). The highest BCUT2D eigenvalue weighted by atomic mass is 19.3. The normalized spacial score (nSPS) is 11.2. The van der Waals surface area contributed by atoms with Crippen LogP contribution in [-0.2, 0) is 0 Å². The van der Waals surface area contributed by atoms with Gasteiger partial charge in [-0.1, -0.05) is 0 Å². The topological polar surface area (TPSA) is 90.0 Å². The van der Waals surface area contributed by atoms with Crippen LogP contribution in [0.1, 0.15) is 0 Å². The van der Waals surface area contributed by atoms with E-state index in [0.29, 0.717) is 22.8 Å². The van der Waals surface area contributed by atoms with Crippen LogP contribution in [0.25, 0.3) is 11.0 Å². The molecule has 0 amide bonds. The predicted octanol–water partition coefficient (Wildman–Crippen LogP) is 0.458. The van der Waals surface area contributed by atoms with Crippen molar-refractivity contribution in [2.45, 2.75) is 6.43 Å². The van der Waals surface area contributed by atoms with Gasteiger partial charge in [-0.3, -0.25) is 5.10 Å². The Hall–Kier alpha value is -2.03. The summed E-state index contributed by atoms with van der Waals surface area (Å²) >= 11 is 0. The van der Waals surface area contributed by atoms with Crippen molar-refractivity contribution in [1.82, 2.24) is 20.2 Å². The Morgan fingerprint density at radius 2 is 2.26 bits per heavy atom. The number of aliphatic hydroxyl groups is 1. The molecule has 0 spiro atoms. The first-order chi connectivity index (χ1) is 9.15. The monoisotopic (exact) mass is 272 g/mol. The number of aliphatic hydroxyl groups excluding tert-OH is 1. The first kappa shape index (κ1) is 13.4. The molecule has 3 N–H and O–H groups in total. The summed E-state index contributed by atoms with van der Waals surface area (Å²) in [6.45, 7) is -0.698. The van der Waals surface area contributed by atoms with Crippen molar-refractivity contribution in [3.05, 3.63) is 6.20 Å². The number of fused-ring (bicyclic) bond motifs is 1. The largest absolute Gasteiger partial charge is 0.395 e. The van der Waals surface area contributed by atoms with Crippen LogP contribution < -0.4 is 10.2 Å². The van der Waals surface area contributed by atoms with E-state index in [2.05, 4.69) is 25.5 Å². The molecular formula is C10H14F2N6O. The molecule has 2 heterocycles. The number of anilines is 2. The number of aromatic amines is 1. The Morgan fingerprint density at radius 3 is 2.89 bits per heavy atom. The molecule has 0 fully saturated rings. The zero-order valence-corrected chi connectivity index (χ0v) is 10.3. The molecule has 0 atom stereocenters. The molecule has 0 unspecified atom stereocenters. The summed E-state index contributed by atoms with van der Waals surface area (Å²) < 4.78 is 25.2. The third-order valence-corrected chi connectivity index (χ3v) is 2.54. The van der Waals surface area contributed by atoms with Crippen molar-refractivity contribution in [3.8, 4) is 0 Å². The van der Waals surface area contributed by atoms with Gasteiger partial charge >= 0.3 is 0 Å². The van der Waals surface area contributed by atoms with Gasteiger partial charge in [-0.15, -0.1) is 0 Å². The molecular weight excluding hydrogens is 258 g/mol. The second kappa shape index (κ2) is 5.74. The van der Waals surface area contributed by atoms with Gasteiger partial charge in [0.2, 0.25) is 5.95 Å². The Kier molecular flexibility index (Phi) is 4.05. The van der Waals surface area contributed by atoms with Gasteiger partial charge in [-0.25, -0.2) is 8.78 Å². The molecule has 0 aliphatic carbocycles. The van der Waals surface area contributed by atoms with Crippen LogP contribution in [0.2, 0.25) is 0 Å². The summed E-state index contributed by atoms with van der Waals surface area (Å²) in [5, 5.41) is 18.8. The molecule has 0 radical (unpaired) electrons. The number of H-pyrrole nitrogens is 1. The maximum Gasteiger partial charge on any atom is 0.255 e. The second-order valence-electron chi connectivity index (χ2n) is 3.81. The van der Waals surface area contributed by atoms with E-state index in [-0.39, 0.29) is 13.2 Å². The second-order valence-corrected chi connectivity index (χ2v) is 3.81. The smallest absolute Gasteiger partial charge is 0.255 e. The molecule has 9 heteroatoms. The van der Waals surface area contributed by atoms with Crippen molar-refractivity contribution in [1.29, 1.82) is 0 Å². The lowest BCUT2D eigenvalue weighted by molar-refractivity contribution is 0.152. The minimum atomic E-state index is -2.53. The SMILES string of the molecule is CNc1nc(N(CCO)CC(F)F)c2cn[nH]c2n1. The highest BCUT2D eigenvalue weighted by Gasteiger charge is 2.18. The number of nitrogens with one attached hydrogen (secondary N) is 2. The van der Waals surface area contributed by atoms with E-state index in [0.717, 1.165) is 0 Å². The average Bonchev–Trinajstić information content (AvgIpc) is 2.84. The first-order valence-electron chi connectivity index (χ1n) is 5.68. The fourth-order valence-corrected chi connectivity index (χ4v) is 1.74. The Bertz CT molecular complexity index is 546. The molecule has 2 rings (SSSR count). The van der Waals surface area contributed by atoms with Gasteiger partial charge in [0.1, 0.15) is 5.82 Å². The summed E-state index contributed by atoms with van der Waals surface area (Å²) in [6.07, 6.45) is -1.05. The lowest BCUT2D eigenvalue weighted by Gasteiger charge is -2.23. The molecule has 104 valence electrons. The fraction of sp³-hybridized carbons (Fsp3) is 0.500. The lowest BCUT2D eigenvalue weighted by atomic mass is 10.3. The summed E-state index contributed by atoms with van der Waals surface area (Å²) in [5.74, 6) is 0.612. The summed E-state index contributed by atoms with van der Waals surface area (Å²) in [4.78, 5) is 9.59. The number of rotatable bonds is 6. The Balaban J connectivity index is 2.46. The van der Waals surface area contributed by atoms with Crippen molar-refractivity contribution in [3.63, 3.8) is 0 Å². The van der Waals surface area contributed by atoms with E-state index in [4.69, 9.17) is 5.11 Å². The molecule has 2 aromatic heterocycles. The van der Waals surface area contributed by atoms with Crippen LogP contribution in [-0.4, -0.2) is 58.4 Å². The quantitative estimate of drug-likeness (QED) is 0.707. The number of aromatic nitrogens is 4. The van der Waals surface area contributed by atoms with Gasteiger partial charge in [0, 0.05) is 13.6 Å². The van der Waals surface area contributed by atoms with E-state index in [1.54, 1.807) is 7.05 Å². The number of halogens is 2. The third-order valence-electron chi connectivity index (χ3n) is 2.54. The van der Waals surface area contributed by atoms with Crippen LogP contribution in [0.15, 0.2) is 6.20 Å². The van der Waals surface area contributed by atoms with Gasteiger partial charge in [-0.2, -0.15) is 15.1 Å². The van der Waals surface area contributed by atoms with Crippen LogP contribution in [0, 0.1) is 0 Å². The van der Waals surface area contributed by atoms with E-state index in [1.165, 1.54) is 11.1 Å². The van der Waals surface area contributed by atoms with Crippen LogP contribution in [0.4, 0.5) is 20.5 Å². The zero-order chi connectivity index (χ0) is 13.8. The molecule has 2 aromatic rings. The van der Waals surface area contributed by atoms with Crippen molar-refractivity contribution >= 4 is 22.8 Å². The minimum absolute atomic E-state index is 0.0603. The third kappa shape index (κ3) is 2.87. The number of nitrogens with zero attached hydrogens (tertiary/aromatic N) is 4. The molecule has 7 nitrogen and oxygen atoms in total. The van der Waals surface area contributed by atoms with Gasteiger partial charge in [0.15, 0.2) is 5.65 Å². The van der Waals surface area contributed by atoms with E-state index in [1.807, 2.05) is 0 Å². The van der Waals surface area contributed by atoms with E-state index >= 15 is 0 Å². The van der Waals surface area contributed by atoms with Crippen molar-refractivity contribution in [2.24, 2.45) is 0 Å². The summed E-state index contributed by atoms with van der Waals surface area (Å²) in [5.41, 5.74) is 0.451. The highest BCUT2D eigenvalue weighted by molar-refractivity contribution is 5.87. The summed E-state index contributed by atoms with van der Waals surface area (Å²) in [7, 11) is 1.63. The predicted molar refractivity (Wildman–Crippen MR) is 66.5 cm³/mol. The molecule has 0 aliphatic rings. The van der Waals surface area contributed by atoms with Crippen LogP contribution in [0.5, 0.6) is 0 Å². The van der Waals surface area contributed by atoms with Gasteiger partial charge < -0.3 is 15.3 Å². The maximum absolute atomic E-state index is 12.6. The van der Waals surface area contributed by atoms with Crippen LogP contribution >= 0.6 is 0 Å². The maximum atomic E-state index is 12.6. The van der Waals surface area contributed by atoms with Gasteiger partial charge in [-0.05, 0) is 0 Å². The minimum Gasteiger partial charge on any atom is -0.395 e. The number of hydrogen-bond acceptors (Lipinski definition) is 6. The zero-order valence-electron chi connectivity index (χ0n) is 10.3. The first-order valence-corrected chi connectivity index (χ1v) is 5.68. The molecule has 19 heavy (non-hydrogen) atoms.